The zero-order valence-electron chi connectivity index (χ0n) is 14.3. The van der Waals surface area contributed by atoms with Crippen LogP contribution >= 0.6 is 11.3 Å². The highest BCUT2D eigenvalue weighted by atomic mass is 32.1. The summed E-state index contributed by atoms with van der Waals surface area (Å²) >= 11 is 1.54. The molecule has 25 heavy (non-hydrogen) atoms. The van der Waals surface area contributed by atoms with Gasteiger partial charge in [0.15, 0.2) is 0 Å². The number of nitrogens with zero attached hydrogens (tertiary/aromatic N) is 2. The monoisotopic (exact) mass is 356 g/mol. The minimum atomic E-state index is -0.850. The molecule has 0 unspecified atom stereocenters. The molecule has 0 radical (unpaired) electrons. The first-order valence-electron chi connectivity index (χ1n) is 8.33. The number of hydrogen-bond donors (Lipinski definition) is 1. The number of fused-ring (bicyclic) bond motifs is 1. The first-order valence-corrected chi connectivity index (χ1v) is 9.14. The summed E-state index contributed by atoms with van der Waals surface area (Å²) in [5.74, 6) is -0.139. The Hall–Kier alpha value is -2.47. The SMILES string of the molecule is CCc1nc2sc(C)c(-c3ccccc3)c2c(=O)n1CCCC(=O)O. The normalized spacial score (nSPS) is 11.1. The van der Waals surface area contributed by atoms with Crippen molar-refractivity contribution >= 4 is 27.5 Å². The number of aryl methyl sites for hydroxylation is 2. The van der Waals surface area contributed by atoms with E-state index in [1.54, 1.807) is 4.57 Å². The Balaban J connectivity index is 2.19. The molecule has 0 atom stereocenters. The highest BCUT2D eigenvalue weighted by Crippen LogP contribution is 2.35. The highest BCUT2D eigenvalue weighted by Gasteiger charge is 2.19. The molecule has 0 aliphatic rings. The quantitative estimate of drug-likeness (QED) is 0.728. The fourth-order valence-electron chi connectivity index (χ4n) is 3.08. The van der Waals surface area contributed by atoms with Crippen molar-refractivity contribution in [3.63, 3.8) is 0 Å². The highest BCUT2D eigenvalue weighted by molar-refractivity contribution is 7.19. The summed E-state index contributed by atoms with van der Waals surface area (Å²) in [6.07, 6.45) is 1.09. The van der Waals surface area contributed by atoms with Gasteiger partial charge in [0, 0.05) is 29.8 Å². The molecule has 0 aliphatic carbocycles. The summed E-state index contributed by atoms with van der Waals surface area (Å²) < 4.78 is 1.64. The van der Waals surface area contributed by atoms with E-state index in [0.717, 1.165) is 20.8 Å². The fraction of sp³-hybridized carbons (Fsp3) is 0.316. The maximum Gasteiger partial charge on any atom is 0.303 e. The topological polar surface area (TPSA) is 72.2 Å². The molecule has 130 valence electrons. The van der Waals surface area contributed by atoms with Crippen molar-refractivity contribution in [3.05, 3.63) is 51.4 Å². The van der Waals surface area contributed by atoms with E-state index in [-0.39, 0.29) is 12.0 Å². The van der Waals surface area contributed by atoms with E-state index < -0.39 is 5.97 Å². The van der Waals surface area contributed by atoms with Gasteiger partial charge >= 0.3 is 5.97 Å². The van der Waals surface area contributed by atoms with Crippen LogP contribution in [-0.4, -0.2) is 20.6 Å². The minimum absolute atomic E-state index is 0.0435. The number of aromatic nitrogens is 2. The van der Waals surface area contributed by atoms with Crippen LogP contribution in [0.2, 0.25) is 0 Å². The Kier molecular flexibility index (Phi) is 4.99. The van der Waals surface area contributed by atoms with Crippen LogP contribution < -0.4 is 5.56 Å². The van der Waals surface area contributed by atoms with Gasteiger partial charge in [-0.15, -0.1) is 11.3 Å². The van der Waals surface area contributed by atoms with Gasteiger partial charge in [0.2, 0.25) is 0 Å². The number of benzene rings is 1. The largest absolute Gasteiger partial charge is 0.481 e. The number of aliphatic carboxylic acids is 1. The molecule has 5 nitrogen and oxygen atoms in total. The Labute approximate surface area is 149 Å². The lowest BCUT2D eigenvalue weighted by Gasteiger charge is -2.11. The lowest BCUT2D eigenvalue weighted by Crippen LogP contribution is -2.25. The third kappa shape index (κ3) is 3.35. The third-order valence-electron chi connectivity index (χ3n) is 4.22. The Morgan fingerprint density at radius 2 is 2.00 bits per heavy atom. The van der Waals surface area contributed by atoms with E-state index >= 15 is 0 Å². The summed E-state index contributed by atoms with van der Waals surface area (Å²) in [6.45, 7) is 4.34. The first-order chi connectivity index (χ1) is 12.0. The van der Waals surface area contributed by atoms with Gasteiger partial charge in [-0.3, -0.25) is 14.2 Å². The number of carbonyl (C=O) groups is 1. The van der Waals surface area contributed by atoms with Crippen LogP contribution in [0.25, 0.3) is 21.3 Å². The van der Waals surface area contributed by atoms with Gasteiger partial charge in [-0.25, -0.2) is 4.98 Å². The van der Waals surface area contributed by atoms with Gasteiger partial charge in [-0.1, -0.05) is 37.3 Å². The predicted molar refractivity (Wildman–Crippen MR) is 100 cm³/mol. The average molecular weight is 356 g/mol. The number of carboxylic acid groups (broad SMARTS) is 1. The molecule has 0 spiro atoms. The van der Waals surface area contributed by atoms with Crippen LogP contribution in [0.4, 0.5) is 0 Å². The molecule has 2 aromatic heterocycles. The smallest absolute Gasteiger partial charge is 0.303 e. The second-order valence-electron chi connectivity index (χ2n) is 5.92. The minimum Gasteiger partial charge on any atom is -0.481 e. The van der Waals surface area contributed by atoms with Gasteiger partial charge < -0.3 is 5.11 Å². The molecular formula is C19H20N2O3S. The summed E-state index contributed by atoms with van der Waals surface area (Å²) in [5, 5.41) is 9.49. The number of rotatable bonds is 6. The zero-order chi connectivity index (χ0) is 18.0. The van der Waals surface area contributed by atoms with Crippen molar-refractivity contribution in [2.75, 3.05) is 0 Å². The third-order valence-corrected chi connectivity index (χ3v) is 5.22. The van der Waals surface area contributed by atoms with Crippen LogP contribution in [0.15, 0.2) is 35.1 Å². The van der Waals surface area contributed by atoms with E-state index in [0.29, 0.717) is 30.6 Å². The Bertz CT molecular complexity index is 974. The molecule has 6 heteroatoms. The molecule has 2 heterocycles. The first kappa shape index (κ1) is 17.4. The molecule has 3 rings (SSSR count). The van der Waals surface area contributed by atoms with Gasteiger partial charge in [0.05, 0.1) is 5.39 Å². The van der Waals surface area contributed by atoms with Gasteiger partial charge in [0.1, 0.15) is 10.7 Å². The van der Waals surface area contributed by atoms with Crippen molar-refractivity contribution in [2.45, 2.75) is 39.7 Å². The van der Waals surface area contributed by atoms with E-state index in [9.17, 15) is 9.59 Å². The molecule has 0 fully saturated rings. The van der Waals surface area contributed by atoms with E-state index in [1.807, 2.05) is 44.2 Å². The molecular weight excluding hydrogens is 336 g/mol. The Morgan fingerprint density at radius 1 is 1.28 bits per heavy atom. The molecule has 0 saturated heterocycles. The lowest BCUT2D eigenvalue weighted by atomic mass is 10.0. The van der Waals surface area contributed by atoms with E-state index in [1.165, 1.54) is 11.3 Å². The van der Waals surface area contributed by atoms with Gasteiger partial charge in [-0.2, -0.15) is 0 Å². The Morgan fingerprint density at radius 3 is 2.64 bits per heavy atom. The van der Waals surface area contributed by atoms with Crippen molar-refractivity contribution in [2.24, 2.45) is 0 Å². The maximum absolute atomic E-state index is 13.2. The number of carboxylic acids is 1. The number of thiophene rings is 1. The fourth-order valence-corrected chi connectivity index (χ4v) is 4.13. The summed E-state index contributed by atoms with van der Waals surface area (Å²) in [7, 11) is 0. The predicted octanol–water partition coefficient (Wildman–Crippen LogP) is 3.86. The average Bonchev–Trinajstić information content (AvgIpc) is 2.93. The van der Waals surface area contributed by atoms with Crippen molar-refractivity contribution < 1.29 is 9.90 Å². The van der Waals surface area contributed by atoms with Gasteiger partial charge in [-0.05, 0) is 18.9 Å². The molecule has 0 bridgehead atoms. The maximum atomic E-state index is 13.2. The van der Waals surface area contributed by atoms with Crippen LogP contribution in [0.3, 0.4) is 0 Å². The van der Waals surface area contributed by atoms with Gasteiger partial charge in [0.25, 0.3) is 5.56 Å². The van der Waals surface area contributed by atoms with Crippen LogP contribution in [0.1, 0.15) is 30.5 Å². The molecule has 0 aliphatic heterocycles. The molecule has 0 amide bonds. The van der Waals surface area contributed by atoms with Crippen LogP contribution in [0, 0.1) is 6.92 Å². The summed E-state index contributed by atoms with van der Waals surface area (Å²) in [5.41, 5.74) is 1.87. The molecule has 1 aromatic carbocycles. The second-order valence-corrected chi connectivity index (χ2v) is 7.12. The van der Waals surface area contributed by atoms with Crippen molar-refractivity contribution in [1.29, 1.82) is 0 Å². The lowest BCUT2D eigenvalue weighted by molar-refractivity contribution is -0.137. The van der Waals surface area contributed by atoms with Crippen LogP contribution in [0.5, 0.6) is 0 Å². The summed E-state index contributed by atoms with van der Waals surface area (Å²) in [4.78, 5) is 30.5. The molecule has 0 saturated carbocycles. The molecule has 3 aromatic rings. The zero-order valence-corrected chi connectivity index (χ0v) is 15.1. The standard InChI is InChI=1S/C19H20N2O3S/c1-3-14-20-18-17(19(24)21(14)11-7-10-15(22)23)16(12(2)25-18)13-8-5-4-6-9-13/h4-6,8-9H,3,7,10-11H2,1-2H3,(H,22,23). The summed E-state index contributed by atoms with van der Waals surface area (Å²) in [6, 6.07) is 9.85. The number of hydrogen-bond acceptors (Lipinski definition) is 4. The molecule has 1 N–H and O–H groups in total. The van der Waals surface area contributed by atoms with E-state index in [2.05, 4.69) is 0 Å². The van der Waals surface area contributed by atoms with Crippen molar-refractivity contribution in [1.82, 2.24) is 9.55 Å². The second kappa shape index (κ2) is 7.19. The van der Waals surface area contributed by atoms with Crippen LogP contribution in [-0.2, 0) is 17.8 Å². The van der Waals surface area contributed by atoms with Crippen molar-refractivity contribution in [3.8, 4) is 11.1 Å². The van der Waals surface area contributed by atoms with E-state index in [4.69, 9.17) is 10.1 Å².